The topological polar surface area (TPSA) is 50.7 Å². The third-order valence-electron chi connectivity index (χ3n) is 3.10. The number of ether oxygens (including phenoxy) is 2. The first-order chi connectivity index (χ1) is 9.12. The second kappa shape index (κ2) is 8.02. The molecule has 0 radical (unpaired) electrons. The van der Waals surface area contributed by atoms with Gasteiger partial charge in [-0.3, -0.25) is 0 Å². The molecule has 4 heteroatoms. The Bertz CT molecular complexity index is 380. The Morgan fingerprint density at radius 3 is 2.53 bits per heavy atom. The molecule has 19 heavy (non-hydrogen) atoms. The van der Waals surface area contributed by atoms with Gasteiger partial charge in [0.2, 0.25) is 0 Å². The third-order valence-corrected chi connectivity index (χ3v) is 3.10. The molecule has 0 fully saturated rings. The highest BCUT2D eigenvalue weighted by molar-refractivity contribution is 5.42. The van der Waals surface area contributed by atoms with E-state index in [1.807, 2.05) is 25.1 Å². The van der Waals surface area contributed by atoms with Gasteiger partial charge in [0.05, 0.1) is 20.3 Å². The fraction of sp³-hybridized carbons (Fsp3) is 0.600. The minimum absolute atomic E-state index is 0.109. The Morgan fingerprint density at radius 2 is 2.00 bits per heavy atom. The Balaban J connectivity index is 2.69. The molecule has 0 unspecified atom stereocenters. The molecule has 108 valence electrons. The number of hydrogen-bond acceptors (Lipinski definition) is 4. The van der Waals surface area contributed by atoms with Crippen LogP contribution in [0.15, 0.2) is 18.2 Å². The van der Waals surface area contributed by atoms with Gasteiger partial charge in [0.1, 0.15) is 0 Å². The van der Waals surface area contributed by atoms with E-state index in [2.05, 4.69) is 19.2 Å². The van der Waals surface area contributed by atoms with Crippen molar-refractivity contribution in [2.45, 2.75) is 33.4 Å². The molecule has 0 saturated heterocycles. The van der Waals surface area contributed by atoms with Crippen molar-refractivity contribution in [3.05, 3.63) is 23.8 Å². The zero-order valence-electron chi connectivity index (χ0n) is 12.3. The number of aliphatic hydroxyl groups is 1. The maximum absolute atomic E-state index is 9.28. The molecule has 0 amide bonds. The third kappa shape index (κ3) is 4.73. The van der Waals surface area contributed by atoms with E-state index in [1.165, 1.54) is 0 Å². The van der Waals surface area contributed by atoms with Gasteiger partial charge in [-0.05, 0) is 30.5 Å². The molecule has 1 aromatic carbocycles. The van der Waals surface area contributed by atoms with Crippen LogP contribution in [0, 0.1) is 5.92 Å². The number of benzene rings is 1. The van der Waals surface area contributed by atoms with Crippen molar-refractivity contribution >= 4 is 0 Å². The maximum atomic E-state index is 9.28. The van der Waals surface area contributed by atoms with Gasteiger partial charge in [-0.15, -0.1) is 0 Å². The van der Waals surface area contributed by atoms with Crippen LogP contribution >= 0.6 is 0 Å². The summed E-state index contributed by atoms with van der Waals surface area (Å²) in [7, 11) is 1.64. The summed E-state index contributed by atoms with van der Waals surface area (Å²) in [6, 6.07) is 6.00. The second-order valence-corrected chi connectivity index (χ2v) is 4.83. The zero-order valence-corrected chi connectivity index (χ0v) is 12.3. The van der Waals surface area contributed by atoms with Crippen molar-refractivity contribution in [1.82, 2.24) is 5.32 Å². The van der Waals surface area contributed by atoms with Crippen molar-refractivity contribution in [3.63, 3.8) is 0 Å². The maximum Gasteiger partial charge on any atom is 0.161 e. The van der Waals surface area contributed by atoms with E-state index in [4.69, 9.17) is 9.47 Å². The van der Waals surface area contributed by atoms with E-state index in [1.54, 1.807) is 7.11 Å². The lowest BCUT2D eigenvalue weighted by Gasteiger charge is -2.20. The highest BCUT2D eigenvalue weighted by Gasteiger charge is 2.12. The summed E-state index contributed by atoms with van der Waals surface area (Å²) >= 11 is 0. The molecule has 4 nitrogen and oxygen atoms in total. The van der Waals surface area contributed by atoms with Gasteiger partial charge >= 0.3 is 0 Å². The molecule has 0 aliphatic carbocycles. The van der Waals surface area contributed by atoms with E-state index >= 15 is 0 Å². The van der Waals surface area contributed by atoms with Crippen molar-refractivity contribution in [2.75, 3.05) is 20.3 Å². The van der Waals surface area contributed by atoms with Gasteiger partial charge < -0.3 is 19.9 Å². The van der Waals surface area contributed by atoms with Gasteiger partial charge in [-0.1, -0.05) is 19.9 Å². The van der Waals surface area contributed by atoms with Crippen molar-refractivity contribution in [1.29, 1.82) is 0 Å². The molecule has 2 N–H and O–H groups in total. The quantitative estimate of drug-likeness (QED) is 0.758. The van der Waals surface area contributed by atoms with Crippen molar-refractivity contribution < 1.29 is 14.6 Å². The number of methoxy groups -OCH3 is 1. The predicted molar refractivity (Wildman–Crippen MR) is 76.7 cm³/mol. The Hall–Kier alpha value is -1.26. The normalized spacial score (nSPS) is 12.5. The smallest absolute Gasteiger partial charge is 0.161 e. The summed E-state index contributed by atoms with van der Waals surface area (Å²) in [5.74, 6) is 1.90. The average molecular weight is 267 g/mol. The molecule has 0 spiro atoms. The molecular weight excluding hydrogens is 242 g/mol. The SMILES string of the molecule is CCOc1ccc(CN[C@H](CO)C(C)C)cc1OC. The Kier molecular flexibility index (Phi) is 6.67. The lowest BCUT2D eigenvalue weighted by atomic mass is 10.0. The standard InChI is InChI=1S/C15H25NO3/c1-5-19-14-7-6-12(8-15(14)18-4)9-16-13(10-17)11(2)3/h6-8,11,13,16-17H,5,9-10H2,1-4H3/t13-/m1/s1. The molecule has 0 aliphatic heterocycles. The fourth-order valence-electron chi connectivity index (χ4n) is 1.86. The summed E-state index contributed by atoms with van der Waals surface area (Å²) in [6.07, 6.45) is 0. The largest absolute Gasteiger partial charge is 0.493 e. The summed E-state index contributed by atoms with van der Waals surface area (Å²) < 4.78 is 10.8. The van der Waals surface area contributed by atoms with Gasteiger partial charge in [0.15, 0.2) is 11.5 Å². The van der Waals surface area contributed by atoms with Crippen molar-refractivity contribution in [2.24, 2.45) is 5.92 Å². The number of hydrogen-bond donors (Lipinski definition) is 2. The molecule has 0 aromatic heterocycles. The molecule has 0 saturated carbocycles. The van der Waals surface area contributed by atoms with Gasteiger partial charge in [-0.2, -0.15) is 0 Å². The Labute approximate surface area is 115 Å². The molecule has 1 atom stereocenters. The lowest BCUT2D eigenvalue weighted by molar-refractivity contribution is 0.210. The van der Waals surface area contributed by atoms with E-state index in [-0.39, 0.29) is 12.6 Å². The van der Waals surface area contributed by atoms with E-state index in [0.717, 1.165) is 17.1 Å². The van der Waals surface area contributed by atoms with Crippen LogP contribution in [0.3, 0.4) is 0 Å². The number of aliphatic hydroxyl groups excluding tert-OH is 1. The van der Waals surface area contributed by atoms with Crippen molar-refractivity contribution in [3.8, 4) is 11.5 Å². The van der Waals surface area contributed by atoms with Crippen LogP contribution in [0.25, 0.3) is 0 Å². The van der Waals surface area contributed by atoms with E-state index in [9.17, 15) is 5.11 Å². The van der Waals surface area contributed by atoms with E-state index in [0.29, 0.717) is 19.1 Å². The molecule has 0 bridgehead atoms. The first kappa shape index (κ1) is 15.8. The second-order valence-electron chi connectivity index (χ2n) is 4.83. The average Bonchev–Trinajstić information content (AvgIpc) is 2.40. The minimum Gasteiger partial charge on any atom is -0.493 e. The molecule has 0 heterocycles. The summed E-state index contributed by atoms with van der Waals surface area (Å²) in [5, 5.41) is 12.6. The fourth-order valence-corrected chi connectivity index (χ4v) is 1.86. The summed E-state index contributed by atoms with van der Waals surface area (Å²) in [6.45, 7) is 7.59. The molecule has 1 rings (SSSR count). The number of nitrogens with one attached hydrogen (secondary N) is 1. The molecular formula is C15H25NO3. The summed E-state index contributed by atoms with van der Waals surface area (Å²) in [5.41, 5.74) is 1.11. The van der Waals surface area contributed by atoms with E-state index < -0.39 is 0 Å². The van der Waals surface area contributed by atoms with Crippen LogP contribution in [0.1, 0.15) is 26.3 Å². The minimum atomic E-state index is 0.109. The van der Waals surface area contributed by atoms with Gasteiger partial charge in [0, 0.05) is 12.6 Å². The van der Waals surface area contributed by atoms with Crippen LogP contribution in [0.2, 0.25) is 0 Å². The van der Waals surface area contributed by atoms with Crippen LogP contribution in [0.5, 0.6) is 11.5 Å². The first-order valence-electron chi connectivity index (χ1n) is 6.76. The molecule has 1 aromatic rings. The monoisotopic (exact) mass is 267 g/mol. The van der Waals surface area contributed by atoms with Crippen LogP contribution in [-0.4, -0.2) is 31.5 Å². The molecule has 0 aliphatic rings. The van der Waals surface area contributed by atoms with Crippen LogP contribution < -0.4 is 14.8 Å². The predicted octanol–water partition coefficient (Wildman–Crippen LogP) is 2.20. The zero-order chi connectivity index (χ0) is 14.3. The van der Waals surface area contributed by atoms with Crippen LogP contribution in [0.4, 0.5) is 0 Å². The van der Waals surface area contributed by atoms with Gasteiger partial charge in [-0.25, -0.2) is 0 Å². The first-order valence-corrected chi connectivity index (χ1v) is 6.76. The number of rotatable bonds is 8. The van der Waals surface area contributed by atoms with Gasteiger partial charge in [0.25, 0.3) is 0 Å². The summed E-state index contributed by atoms with van der Waals surface area (Å²) in [4.78, 5) is 0. The highest BCUT2D eigenvalue weighted by atomic mass is 16.5. The highest BCUT2D eigenvalue weighted by Crippen LogP contribution is 2.28. The van der Waals surface area contributed by atoms with Crippen LogP contribution in [-0.2, 0) is 6.54 Å². The lowest BCUT2D eigenvalue weighted by Crippen LogP contribution is -2.36. The Morgan fingerprint density at radius 1 is 1.26 bits per heavy atom.